The molecule has 0 radical (unpaired) electrons. The molecule has 5 rings (SSSR count). The first-order valence-corrected chi connectivity index (χ1v) is 9.29. The van der Waals surface area contributed by atoms with Crippen LogP contribution in [-0.4, -0.2) is 56.2 Å². The van der Waals surface area contributed by atoms with Crippen LogP contribution in [0.4, 0.5) is 29.0 Å². The standard InChI is InChI=1S/C19H19N9O/c1-3-14(28-7-9-29-10-8-28)4-2-13(1)24-18-16-17(23-12-22-16)26-19(27-18)25-15-5-6-20-11-21-15/h1-6,11-12H,7-10H2,(H3,20,21,22,23,24,25,26,27). The Balaban J connectivity index is 1.40. The van der Waals surface area contributed by atoms with Gasteiger partial charge in [0.25, 0.3) is 0 Å². The number of fused-ring (bicyclic) bond motifs is 1. The molecule has 3 aromatic heterocycles. The van der Waals surface area contributed by atoms with Crippen LogP contribution in [0.2, 0.25) is 0 Å². The van der Waals surface area contributed by atoms with E-state index in [0.717, 1.165) is 37.5 Å². The summed E-state index contributed by atoms with van der Waals surface area (Å²) in [6.07, 6.45) is 4.71. The zero-order chi connectivity index (χ0) is 19.5. The highest BCUT2D eigenvalue weighted by Crippen LogP contribution is 2.25. The van der Waals surface area contributed by atoms with Crippen molar-refractivity contribution in [2.24, 2.45) is 0 Å². The summed E-state index contributed by atoms with van der Waals surface area (Å²) in [6, 6.07) is 10.0. The molecule has 0 unspecified atom stereocenters. The van der Waals surface area contributed by atoms with Gasteiger partial charge in [-0.05, 0) is 30.3 Å². The lowest BCUT2D eigenvalue weighted by molar-refractivity contribution is 0.122. The van der Waals surface area contributed by atoms with E-state index in [1.54, 1.807) is 18.6 Å². The molecule has 1 fully saturated rings. The first-order valence-electron chi connectivity index (χ1n) is 9.29. The van der Waals surface area contributed by atoms with Gasteiger partial charge in [-0.2, -0.15) is 9.97 Å². The number of rotatable bonds is 5. The van der Waals surface area contributed by atoms with E-state index in [1.165, 1.54) is 12.0 Å². The van der Waals surface area contributed by atoms with Gasteiger partial charge in [0.05, 0.1) is 19.5 Å². The minimum atomic E-state index is 0.399. The third kappa shape index (κ3) is 3.78. The summed E-state index contributed by atoms with van der Waals surface area (Å²) >= 11 is 0. The Morgan fingerprint density at radius 1 is 0.966 bits per heavy atom. The fourth-order valence-corrected chi connectivity index (χ4v) is 3.17. The van der Waals surface area contributed by atoms with E-state index in [4.69, 9.17) is 4.74 Å². The summed E-state index contributed by atoms with van der Waals surface area (Å²) in [5.41, 5.74) is 3.39. The van der Waals surface area contributed by atoms with Crippen LogP contribution < -0.4 is 15.5 Å². The van der Waals surface area contributed by atoms with Gasteiger partial charge in [-0.15, -0.1) is 0 Å². The van der Waals surface area contributed by atoms with E-state index in [1.807, 2.05) is 12.1 Å². The first-order chi connectivity index (χ1) is 14.3. The molecule has 29 heavy (non-hydrogen) atoms. The summed E-state index contributed by atoms with van der Waals surface area (Å²) in [6.45, 7) is 3.35. The summed E-state index contributed by atoms with van der Waals surface area (Å²) in [5, 5.41) is 6.43. The van der Waals surface area contributed by atoms with E-state index in [2.05, 4.69) is 57.6 Å². The Kier molecular flexibility index (Phi) is 4.59. The van der Waals surface area contributed by atoms with Gasteiger partial charge in [0.1, 0.15) is 17.7 Å². The van der Waals surface area contributed by atoms with Crippen molar-refractivity contribution < 1.29 is 4.74 Å². The molecule has 1 saturated heterocycles. The van der Waals surface area contributed by atoms with Gasteiger partial charge >= 0.3 is 0 Å². The fraction of sp³-hybridized carbons (Fsp3) is 0.211. The highest BCUT2D eigenvalue weighted by molar-refractivity contribution is 5.86. The van der Waals surface area contributed by atoms with E-state index in [-0.39, 0.29) is 0 Å². The van der Waals surface area contributed by atoms with E-state index in [9.17, 15) is 0 Å². The van der Waals surface area contributed by atoms with E-state index in [0.29, 0.717) is 23.2 Å². The molecule has 0 spiro atoms. The molecule has 4 aromatic rings. The van der Waals surface area contributed by atoms with Crippen LogP contribution in [0.15, 0.2) is 49.2 Å². The van der Waals surface area contributed by atoms with Gasteiger partial charge < -0.3 is 25.3 Å². The summed E-state index contributed by atoms with van der Waals surface area (Å²) in [5.74, 6) is 1.63. The fourth-order valence-electron chi connectivity index (χ4n) is 3.17. The van der Waals surface area contributed by atoms with Crippen molar-refractivity contribution in [2.75, 3.05) is 41.8 Å². The molecule has 0 bridgehead atoms. The average Bonchev–Trinajstić information content (AvgIpc) is 3.25. The maximum atomic E-state index is 5.42. The highest BCUT2D eigenvalue weighted by Gasteiger charge is 2.13. The zero-order valence-electron chi connectivity index (χ0n) is 15.5. The molecule has 3 N–H and O–H groups in total. The number of nitrogens with zero attached hydrogens (tertiary/aromatic N) is 6. The third-order valence-electron chi connectivity index (χ3n) is 4.61. The molecular formula is C19H19N9O. The van der Waals surface area contributed by atoms with Gasteiger partial charge in [0.15, 0.2) is 11.5 Å². The smallest absolute Gasteiger partial charge is 0.232 e. The molecule has 4 heterocycles. The number of anilines is 5. The molecule has 0 aliphatic carbocycles. The van der Waals surface area contributed by atoms with Crippen LogP contribution >= 0.6 is 0 Å². The molecule has 10 nitrogen and oxygen atoms in total. The Hall–Kier alpha value is -3.79. The Morgan fingerprint density at radius 3 is 2.62 bits per heavy atom. The first kappa shape index (κ1) is 17.3. The van der Waals surface area contributed by atoms with Crippen LogP contribution in [0.25, 0.3) is 11.2 Å². The van der Waals surface area contributed by atoms with Crippen LogP contribution in [-0.2, 0) is 4.74 Å². The molecular weight excluding hydrogens is 370 g/mol. The SMILES string of the molecule is c1cc(Nc2nc(Nc3ccc(N4CCOCC4)cc3)c3[nH]cnc3n2)ncn1. The predicted octanol–water partition coefficient (Wildman–Crippen LogP) is 2.47. The summed E-state index contributed by atoms with van der Waals surface area (Å²) < 4.78 is 5.42. The number of benzene rings is 1. The maximum Gasteiger partial charge on any atom is 0.232 e. The molecule has 0 amide bonds. The second kappa shape index (κ2) is 7.68. The maximum absolute atomic E-state index is 5.42. The molecule has 1 aliphatic rings. The lowest BCUT2D eigenvalue weighted by Gasteiger charge is -2.28. The predicted molar refractivity (Wildman–Crippen MR) is 110 cm³/mol. The number of H-pyrrole nitrogens is 1. The van der Waals surface area contributed by atoms with Crippen molar-refractivity contribution in [3.63, 3.8) is 0 Å². The summed E-state index contributed by atoms with van der Waals surface area (Å²) in [7, 11) is 0. The normalized spacial score (nSPS) is 14.1. The largest absolute Gasteiger partial charge is 0.378 e. The summed E-state index contributed by atoms with van der Waals surface area (Å²) in [4.78, 5) is 26.7. The zero-order valence-corrected chi connectivity index (χ0v) is 15.5. The molecule has 0 atom stereocenters. The van der Waals surface area contributed by atoms with Gasteiger partial charge in [-0.25, -0.2) is 15.0 Å². The third-order valence-corrected chi connectivity index (χ3v) is 4.61. The van der Waals surface area contributed by atoms with E-state index < -0.39 is 0 Å². The minimum absolute atomic E-state index is 0.399. The van der Waals surface area contributed by atoms with Gasteiger partial charge in [0.2, 0.25) is 5.95 Å². The number of hydrogen-bond acceptors (Lipinski definition) is 9. The van der Waals surface area contributed by atoms with Crippen LogP contribution in [0.5, 0.6) is 0 Å². The van der Waals surface area contributed by atoms with Crippen LogP contribution in [0, 0.1) is 0 Å². The quantitative estimate of drug-likeness (QED) is 0.473. The number of imidazole rings is 1. The Morgan fingerprint density at radius 2 is 1.83 bits per heavy atom. The van der Waals surface area contributed by atoms with Crippen molar-refractivity contribution in [1.82, 2.24) is 29.9 Å². The van der Waals surface area contributed by atoms with E-state index >= 15 is 0 Å². The van der Waals surface area contributed by atoms with Crippen LogP contribution in [0.3, 0.4) is 0 Å². The second-order valence-electron chi connectivity index (χ2n) is 6.49. The topological polar surface area (TPSA) is 117 Å². The molecule has 1 aliphatic heterocycles. The van der Waals surface area contributed by atoms with Gasteiger partial charge in [0, 0.05) is 30.7 Å². The second-order valence-corrected chi connectivity index (χ2v) is 6.49. The lowest BCUT2D eigenvalue weighted by atomic mass is 10.2. The van der Waals surface area contributed by atoms with Crippen molar-refractivity contribution >= 4 is 40.1 Å². The van der Waals surface area contributed by atoms with Crippen molar-refractivity contribution in [1.29, 1.82) is 0 Å². The molecule has 10 heteroatoms. The number of ether oxygens (including phenoxy) is 1. The molecule has 0 saturated carbocycles. The van der Waals surface area contributed by atoms with Gasteiger partial charge in [-0.3, -0.25) is 0 Å². The molecule has 146 valence electrons. The number of aromatic amines is 1. The Labute approximate surface area is 166 Å². The number of aromatic nitrogens is 6. The van der Waals surface area contributed by atoms with Gasteiger partial charge in [-0.1, -0.05) is 0 Å². The minimum Gasteiger partial charge on any atom is -0.378 e. The van der Waals surface area contributed by atoms with Crippen molar-refractivity contribution in [3.05, 3.63) is 49.2 Å². The Bertz CT molecular complexity index is 1090. The average molecular weight is 389 g/mol. The number of hydrogen-bond donors (Lipinski definition) is 3. The monoisotopic (exact) mass is 389 g/mol. The van der Waals surface area contributed by atoms with Crippen molar-refractivity contribution in [2.45, 2.75) is 0 Å². The number of morpholine rings is 1. The highest BCUT2D eigenvalue weighted by atomic mass is 16.5. The van der Waals surface area contributed by atoms with Crippen molar-refractivity contribution in [3.8, 4) is 0 Å². The number of nitrogens with one attached hydrogen (secondary N) is 3. The van der Waals surface area contributed by atoms with Crippen LogP contribution in [0.1, 0.15) is 0 Å². The lowest BCUT2D eigenvalue weighted by Crippen LogP contribution is -2.36. The molecule has 1 aromatic carbocycles.